The number of nitrogens with two attached hydrogens (primary N) is 1. The zero-order valence-corrected chi connectivity index (χ0v) is 12.0. The van der Waals surface area contributed by atoms with Gasteiger partial charge in [-0.3, -0.25) is 10.1 Å². The third kappa shape index (κ3) is 2.91. The molecule has 0 amide bonds. The monoisotopic (exact) mass is 299 g/mol. The summed E-state index contributed by atoms with van der Waals surface area (Å²) in [7, 11) is -3.94. The van der Waals surface area contributed by atoms with Gasteiger partial charge in [-0.15, -0.1) is 0 Å². The predicted octanol–water partition coefficient (Wildman–Crippen LogP) is 1.62. The summed E-state index contributed by atoms with van der Waals surface area (Å²) in [5.74, 6) is 0. The SMILES string of the molecule is C[C@H]1CCCCN1c1ccc(S(N)(=O)=O)cc1[N+](=O)[O-]. The van der Waals surface area contributed by atoms with Crippen molar-refractivity contribution in [3.63, 3.8) is 0 Å². The Kier molecular flexibility index (Phi) is 3.96. The van der Waals surface area contributed by atoms with Crippen molar-refractivity contribution in [1.29, 1.82) is 0 Å². The van der Waals surface area contributed by atoms with Gasteiger partial charge in [-0.25, -0.2) is 13.6 Å². The van der Waals surface area contributed by atoms with Gasteiger partial charge in [-0.1, -0.05) is 0 Å². The van der Waals surface area contributed by atoms with E-state index >= 15 is 0 Å². The van der Waals surface area contributed by atoms with Crippen molar-refractivity contribution in [3.05, 3.63) is 28.3 Å². The quantitative estimate of drug-likeness (QED) is 0.674. The largest absolute Gasteiger partial charge is 0.363 e. The van der Waals surface area contributed by atoms with Crippen molar-refractivity contribution in [2.75, 3.05) is 11.4 Å². The standard InChI is InChI=1S/C12H17N3O4S/c1-9-4-2-3-7-14(9)11-6-5-10(20(13,18)19)8-12(11)15(16)17/h5-6,8-9H,2-4,7H2,1H3,(H2,13,18,19)/t9-/m0/s1. The van der Waals surface area contributed by atoms with Crippen LogP contribution in [0.4, 0.5) is 11.4 Å². The molecule has 1 heterocycles. The minimum absolute atomic E-state index is 0.197. The van der Waals surface area contributed by atoms with Gasteiger partial charge < -0.3 is 4.90 Å². The van der Waals surface area contributed by atoms with Gasteiger partial charge in [-0.2, -0.15) is 0 Å². The lowest BCUT2D eigenvalue weighted by atomic mass is 10.0. The van der Waals surface area contributed by atoms with Crippen LogP contribution in [0, 0.1) is 10.1 Å². The van der Waals surface area contributed by atoms with Crippen LogP contribution in [0.3, 0.4) is 0 Å². The molecule has 0 aromatic heterocycles. The first-order valence-electron chi connectivity index (χ1n) is 6.38. The van der Waals surface area contributed by atoms with Crippen molar-refractivity contribution in [2.24, 2.45) is 5.14 Å². The zero-order chi connectivity index (χ0) is 14.9. The molecule has 0 aliphatic carbocycles. The summed E-state index contributed by atoms with van der Waals surface area (Å²) in [5.41, 5.74) is 0.236. The Morgan fingerprint density at radius 1 is 1.40 bits per heavy atom. The average Bonchev–Trinajstić information content (AvgIpc) is 2.37. The molecular weight excluding hydrogens is 282 g/mol. The number of primary sulfonamides is 1. The van der Waals surface area contributed by atoms with Crippen molar-refractivity contribution in [2.45, 2.75) is 37.1 Å². The number of nitrogens with zero attached hydrogens (tertiary/aromatic N) is 2. The van der Waals surface area contributed by atoms with Crippen LogP contribution in [0.1, 0.15) is 26.2 Å². The van der Waals surface area contributed by atoms with Crippen LogP contribution in [0.15, 0.2) is 23.1 Å². The molecule has 8 heteroatoms. The number of hydrogen-bond acceptors (Lipinski definition) is 5. The number of nitro benzene ring substituents is 1. The summed E-state index contributed by atoms with van der Waals surface area (Å²) in [6, 6.07) is 4.02. The molecule has 0 bridgehead atoms. The van der Waals surface area contributed by atoms with Crippen molar-refractivity contribution >= 4 is 21.4 Å². The Balaban J connectivity index is 2.50. The van der Waals surface area contributed by atoms with E-state index in [1.54, 1.807) is 0 Å². The Hall–Kier alpha value is -1.67. The summed E-state index contributed by atoms with van der Waals surface area (Å²) in [6.45, 7) is 2.74. The van der Waals surface area contributed by atoms with Gasteiger partial charge in [0.25, 0.3) is 5.69 Å². The molecule has 0 spiro atoms. The van der Waals surface area contributed by atoms with Crippen LogP contribution in [0.25, 0.3) is 0 Å². The van der Waals surface area contributed by atoms with Crippen LogP contribution >= 0.6 is 0 Å². The van der Waals surface area contributed by atoms with Crippen molar-refractivity contribution in [3.8, 4) is 0 Å². The number of anilines is 1. The van der Waals surface area contributed by atoms with Crippen LogP contribution in [-0.4, -0.2) is 25.9 Å². The maximum absolute atomic E-state index is 11.3. The van der Waals surface area contributed by atoms with E-state index in [4.69, 9.17) is 5.14 Å². The normalized spacial score (nSPS) is 19.9. The highest BCUT2D eigenvalue weighted by molar-refractivity contribution is 7.89. The molecule has 1 fully saturated rings. The van der Waals surface area contributed by atoms with Crippen LogP contribution < -0.4 is 10.0 Å². The van der Waals surface area contributed by atoms with Crippen molar-refractivity contribution in [1.82, 2.24) is 0 Å². The lowest BCUT2D eigenvalue weighted by Gasteiger charge is -2.35. The van der Waals surface area contributed by atoms with Gasteiger partial charge >= 0.3 is 0 Å². The summed E-state index contributed by atoms with van der Waals surface area (Å²) < 4.78 is 22.6. The molecule has 0 saturated carbocycles. The molecule has 1 atom stereocenters. The molecule has 1 aliphatic heterocycles. The minimum atomic E-state index is -3.94. The van der Waals surface area contributed by atoms with E-state index in [0.717, 1.165) is 31.9 Å². The zero-order valence-electron chi connectivity index (χ0n) is 11.2. The highest BCUT2D eigenvalue weighted by atomic mass is 32.2. The number of rotatable bonds is 3. The van der Waals surface area contributed by atoms with E-state index in [-0.39, 0.29) is 16.6 Å². The second-order valence-electron chi connectivity index (χ2n) is 4.99. The van der Waals surface area contributed by atoms with E-state index in [1.165, 1.54) is 12.1 Å². The Bertz CT molecular complexity index is 630. The maximum Gasteiger partial charge on any atom is 0.293 e. The smallest absolute Gasteiger partial charge is 0.293 e. The van der Waals surface area contributed by atoms with E-state index in [1.807, 2.05) is 11.8 Å². The van der Waals surface area contributed by atoms with E-state index < -0.39 is 14.9 Å². The topological polar surface area (TPSA) is 107 Å². The molecule has 1 saturated heterocycles. The molecule has 110 valence electrons. The van der Waals surface area contributed by atoms with Gasteiger partial charge in [0.1, 0.15) is 5.69 Å². The first-order valence-corrected chi connectivity index (χ1v) is 7.93. The summed E-state index contributed by atoms with van der Waals surface area (Å²) in [5, 5.41) is 16.2. The number of nitro groups is 1. The van der Waals surface area contributed by atoms with E-state index in [9.17, 15) is 18.5 Å². The molecule has 0 radical (unpaired) electrons. The van der Waals surface area contributed by atoms with Crippen molar-refractivity contribution < 1.29 is 13.3 Å². The fraction of sp³-hybridized carbons (Fsp3) is 0.500. The molecular formula is C12H17N3O4S. The number of benzene rings is 1. The predicted molar refractivity (Wildman–Crippen MR) is 75.1 cm³/mol. The Labute approximate surface area is 117 Å². The van der Waals surface area contributed by atoms with Crippen LogP contribution in [-0.2, 0) is 10.0 Å². The first kappa shape index (κ1) is 14.7. The Morgan fingerprint density at radius 2 is 2.10 bits per heavy atom. The first-order chi connectivity index (χ1) is 9.30. The van der Waals surface area contributed by atoms with Gasteiger partial charge in [0, 0.05) is 18.7 Å². The number of hydrogen-bond donors (Lipinski definition) is 1. The number of piperidine rings is 1. The lowest BCUT2D eigenvalue weighted by Crippen LogP contribution is -2.37. The molecule has 0 unspecified atom stereocenters. The summed E-state index contributed by atoms with van der Waals surface area (Å²) >= 11 is 0. The molecule has 7 nitrogen and oxygen atoms in total. The third-order valence-electron chi connectivity index (χ3n) is 3.58. The molecule has 1 aliphatic rings. The van der Waals surface area contributed by atoms with Gasteiger partial charge in [-0.05, 0) is 38.3 Å². The van der Waals surface area contributed by atoms with Crippen LogP contribution in [0.5, 0.6) is 0 Å². The highest BCUT2D eigenvalue weighted by Gasteiger charge is 2.27. The Morgan fingerprint density at radius 3 is 2.65 bits per heavy atom. The maximum atomic E-state index is 11.3. The lowest BCUT2D eigenvalue weighted by molar-refractivity contribution is -0.384. The molecule has 1 aromatic rings. The second kappa shape index (κ2) is 5.37. The third-order valence-corrected chi connectivity index (χ3v) is 4.50. The molecule has 2 N–H and O–H groups in total. The summed E-state index contributed by atoms with van der Waals surface area (Å²) in [6.07, 6.45) is 3.03. The fourth-order valence-corrected chi connectivity index (χ4v) is 3.06. The molecule has 1 aromatic carbocycles. The fourth-order valence-electron chi connectivity index (χ4n) is 2.53. The molecule has 2 rings (SSSR count). The summed E-state index contributed by atoms with van der Waals surface area (Å²) in [4.78, 5) is 12.3. The van der Waals surface area contributed by atoms with Crippen LogP contribution in [0.2, 0.25) is 0 Å². The van der Waals surface area contributed by atoms with Gasteiger partial charge in [0.15, 0.2) is 0 Å². The van der Waals surface area contributed by atoms with Gasteiger partial charge in [0.2, 0.25) is 10.0 Å². The van der Waals surface area contributed by atoms with E-state index in [0.29, 0.717) is 5.69 Å². The average molecular weight is 299 g/mol. The van der Waals surface area contributed by atoms with Gasteiger partial charge in [0.05, 0.1) is 9.82 Å². The van der Waals surface area contributed by atoms with E-state index in [2.05, 4.69) is 0 Å². The highest BCUT2D eigenvalue weighted by Crippen LogP contribution is 2.34. The molecule has 20 heavy (non-hydrogen) atoms. The number of sulfonamides is 1. The second-order valence-corrected chi connectivity index (χ2v) is 6.55. The minimum Gasteiger partial charge on any atom is -0.363 e.